The van der Waals surface area contributed by atoms with Gasteiger partial charge in [-0.2, -0.15) is 41.9 Å². The zero-order valence-electron chi connectivity index (χ0n) is 14.6. The van der Waals surface area contributed by atoms with Gasteiger partial charge in [0.2, 0.25) is 0 Å². The van der Waals surface area contributed by atoms with Gasteiger partial charge < -0.3 is 0 Å². The summed E-state index contributed by atoms with van der Waals surface area (Å²) in [6, 6.07) is 7.57. The van der Waals surface area contributed by atoms with Gasteiger partial charge in [0, 0.05) is 10.6 Å². The lowest BCUT2D eigenvalue weighted by atomic mass is 10.0. The molecule has 0 saturated heterocycles. The van der Waals surface area contributed by atoms with E-state index in [1.165, 1.54) is 24.3 Å². The maximum atomic E-state index is 13.0. The highest BCUT2D eigenvalue weighted by molar-refractivity contribution is 6.31. The molecule has 0 aliphatic heterocycles. The molecule has 154 valence electrons. The van der Waals surface area contributed by atoms with Crippen molar-refractivity contribution in [2.45, 2.75) is 12.4 Å². The van der Waals surface area contributed by atoms with Crippen LogP contribution in [0.3, 0.4) is 0 Å². The van der Waals surface area contributed by atoms with Gasteiger partial charge >= 0.3 is 12.4 Å². The maximum absolute atomic E-state index is 13.0. The number of H-pyrrole nitrogens is 1. The second-order valence-electron chi connectivity index (χ2n) is 6.08. The normalized spacial score (nSPS) is 12.3. The fourth-order valence-electron chi connectivity index (χ4n) is 2.62. The standard InChI is InChI=1S/C19H9ClF6N4/c20-15-6-10(3-12(7-15)17-16(9-27)28-30-29-17)1-2-11-4-13(18(21,22)23)8-14(5-11)19(24,25)26/h1-8H,(H,28,29,30)/b2-1+. The molecule has 0 aliphatic rings. The molecular formula is C19H9ClF6N4. The van der Waals surface area contributed by atoms with Crippen LogP contribution in [0.4, 0.5) is 26.3 Å². The lowest BCUT2D eigenvalue weighted by molar-refractivity contribution is -0.143. The van der Waals surface area contributed by atoms with Crippen LogP contribution in [0.1, 0.15) is 27.9 Å². The molecule has 3 aromatic rings. The Labute approximate surface area is 170 Å². The van der Waals surface area contributed by atoms with Gasteiger partial charge in [-0.3, -0.25) is 0 Å². The number of nitrogens with one attached hydrogen (secondary N) is 1. The van der Waals surface area contributed by atoms with Crippen molar-refractivity contribution in [1.29, 1.82) is 5.26 Å². The second-order valence-corrected chi connectivity index (χ2v) is 6.51. The summed E-state index contributed by atoms with van der Waals surface area (Å²) < 4.78 is 77.9. The van der Waals surface area contributed by atoms with E-state index in [1.54, 1.807) is 0 Å². The van der Waals surface area contributed by atoms with E-state index in [-0.39, 0.29) is 28.0 Å². The number of nitriles is 1. The summed E-state index contributed by atoms with van der Waals surface area (Å²) in [4.78, 5) is 0. The first-order valence-corrected chi connectivity index (χ1v) is 8.44. The van der Waals surface area contributed by atoms with Crippen molar-refractivity contribution >= 4 is 23.8 Å². The molecule has 0 amide bonds. The molecular weight excluding hydrogens is 434 g/mol. The first-order valence-electron chi connectivity index (χ1n) is 8.07. The molecule has 4 nitrogen and oxygen atoms in total. The minimum atomic E-state index is -4.94. The fraction of sp³-hybridized carbons (Fsp3) is 0.105. The molecule has 0 bridgehead atoms. The third-order valence-corrected chi connectivity index (χ3v) is 4.14. The first-order chi connectivity index (χ1) is 14.0. The van der Waals surface area contributed by atoms with Gasteiger partial charge in [0.25, 0.3) is 0 Å². The van der Waals surface area contributed by atoms with Gasteiger partial charge in [0.05, 0.1) is 11.1 Å². The molecule has 0 fully saturated rings. The lowest BCUT2D eigenvalue weighted by Crippen LogP contribution is -2.11. The van der Waals surface area contributed by atoms with Gasteiger partial charge in [-0.05, 0) is 47.5 Å². The van der Waals surface area contributed by atoms with Crippen molar-refractivity contribution in [3.63, 3.8) is 0 Å². The zero-order chi connectivity index (χ0) is 22.1. The van der Waals surface area contributed by atoms with Crippen molar-refractivity contribution in [1.82, 2.24) is 15.4 Å². The van der Waals surface area contributed by atoms with Crippen molar-refractivity contribution in [2.24, 2.45) is 0 Å². The van der Waals surface area contributed by atoms with Crippen LogP contribution >= 0.6 is 11.6 Å². The van der Waals surface area contributed by atoms with Gasteiger partial charge in [-0.15, -0.1) is 5.10 Å². The topological polar surface area (TPSA) is 65.4 Å². The summed E-state index contributed by atoms with van der Waals surface area (Å²) in [5.74, 6) is 0. The number of halogens is 7. The number of hydrogen-bond acceptors (Lipinski definition) is 3. The number of aromatic nitrogens is 3. The summed E-state index contributed by atoms with van der Waals surface area (Å²) >= 11 is 6.04. The van der Waals surface area contributed by atoms with Crippen LogP contribution in [0.15, 0.2) is 36.4 Å². The Bertz CT molecular complexity index is 1120. The largest absolute Gasteiger partial charge is 0.416 e. The maximum Gasteiger partial charge on any atom is 0.416 e. The van der Waals surface area contributed by atoms with E-state index >= 15 is 0 Å². The van der Waals surface area contributed by atoms with Crippen molar-refractivity contribution in [3.8, 4) is 17.3 Å². The minimum Gasteiger partial charge on any atom is -0.196 e. The molecule has 0 spiro atoms. The van der Waals surface area contributed by atoms with Crippen LogP contribution in [-0.2, 0) is 12.4 Å². The molecule has 30 heavy (non-hydrogen) atoms. The van der Waals surface area contributed by atoms with Gasteiger partial charge in [-0.1, -0.05) is 23.8 Å². The average molecular weight is 443 g/mol. The Morgan fingerprint density at radius 1 is 0.833 bits per heavy atom. The minimum absolute atomic E-state index is 0.0000985. The predicted octanol–water partition coefficient (Wildman–Crippen LogP) is 6.20. The van der Waals surface area contributed by atoms with Gasteiger partial charge in [0.1, 0.15) is 11.8 Å². The molecule has 3 rings (SSSR count). The van der Waals surface area contributed by atoms with Crippen LogP contribution in [0, 0.1) is 11.3 Å². The van der Waals surface area contributed by atoms with Gasteiger partial charge in [0.15, 0.2) is 5.69 Å². The summed E-state index contributed by atoms with van der Waals surface area (Å²) in [6.07, 6.45) is -7.47. The quantitative estimate of drug-likeness (QED) is 0.387. The van der Waals surface area contributed by atoms with E-state index in [0.717, 1.165) is 6.08 Å². The third kappa shape index (κ3) is 4.80. The highest BCUT2D eigenvalue weighted by Gasteiger charge is 2.36. The second kappa shape index (κ2) is 7.84. The fourth-order valence-corrected chi connectivity index (χ4v) is 2.87. The smallest absolute Gasteiger partial charge is 0.196 e. The van der Waals surface area contributed by atoms with E-state index in [1.807, 2.05) is 6.07 Å². The Morgan fingerprint density at radius 3 is 1.93 bits per heavy atom. The van der Waals surface area contributed by atoms with E-state index < -0.39 is 23.5 Å². The summed E-state index contributed by atoms with van der Waals surface area (Å²) in [7, 11) is 0. The molecule has 0 atom stereocenters. The Balaban J connectivity index is 2.03. The zero-order valence-corrected chi connectivity index (χ0v) is 15.4. The average Bonchev–Trinajstić information content (AvgIpc) is 3.13. The summed E-state index contributed by atoms with van der Waals surface area (Å²) in [6.45, 7) is 0. The molecule has 1 N–H and O–H groups in total. The summed E-state index contributed by atoms with van der Waals surface area (Å²) in [5.41, 5.74) is -2.15. The van der Waals surface area contributed by atoms with Crippen molar-refractivity contribution in [2.75, 3.05) is 0 Å². The third-order valence-electron chi connectivity index (χ3n) is 3.93. The molecule has 2 aromatic carbocycles. The summed E-state index contributed by atoms with van der Waals surface area (Å²) in [5, 5.41) is 19.1. The molecule has 0 radical (unpaired) electrons. The number of rotatable bonds is 3. The number of aromatic amines is 1. The molecule has 1 heterocycles. The van der Waals surface area contributed by atoms with Crippen molar-refractivity contribution in [3.05, 3.63) is 69.4 Å². The number of nitrogens with zero attached hydrogens (tertiary/aromatic N) is 3. The molecule has 0 saturated carbocycles. The SMILES string of the molecule is N#Cc1n[nH]nc1-c1cc(Cl)cc(/C=C/c2cc(C(F)(F)F)cc(C(F)(F)F)c2)c1. The van der Waals surface area contributed by atoms with Crippen LogP contribution in [0.2, 0.25) is 5.02 Å². The molecule has 11 heteroatoms. The Kier molecular flexibility index (Phi) is 5.59. The Morgan fingerprint density at radius 2 is 1.40 bits per heavy atom. The van der Waals surface area contributed by atoms with Gasteiger partial charge in [-0.25, -0.2) is 0 Å². The van der Waals surface area contributed by atoms with Crippen LogP contribution < -0.4 is 0 Å². The highest BCUT2D eigenvalue weighted by Crippen LogP contribution is 2.36. The first kappa shape index (κ1) is 21.4. The number of alkyl halides is 6. The van der Waals surface area contributed by atoms with E-state index in [2.05, 4.69) is 15.4 Å². The number of benzene rings is 2. The molecule has 0 unspecified atom stereocenters. The number of hydrogen-bond donors (Lipinski definition) is 1. The van der Waals surface area contributed by atoms with E-state index in [9.17, 15) is 26.3 Å². The van der Waals surface area contributed by atoms with Crippen LogP contribution in [-0.4, -0.2) is 15.4 Å². The lowest BCUT2D eigenvalue weighted by Gasteiger charge is -2.13. The van der Waals surface area contributed by atoms with Crippen LogP contribution in [0.5, 0.6) is 0 Å². The Hall–Kier alpha value is -3.32. The predicted molar refractivity (Wildman–Crippen MR) is 96.9 cm³/mol. The van der Waals surface area contributed by atoms with E-state index in [0.29, 0.717) is 23.3 Å². The van der Waals surface area contributed by atoms with Crippen LogP contribution in [0.25, 0.3) is 23.4 Å². The monoisotopic (exact) mass is 442 g/mol. The molecule has 1 aromatic heterocycles. The van der Waals surface area contributed by atoms with Crippen molar-refractivity contribution < 1.29 is 26.3 Å². The van der Waals surface area contributed by atoms with E-state index in [4.69, 9.17) is 16.9 Å². The molecule has 0 aliphatic carbocycles. The highest BCUT2D eigenvalue weighted by atomic mass is 35.5.